The minimum atomic E-state index is 0.0951. The van der Waals surface area contributed by atoms with Crippen molar-refractivity contribution in [1.29, 1.82) is 0 Å². The Bertz CT molecular complexity index is 422. The van der Waals surface area contributed by atoms with Crippen LogP contribution in [0.15, 0.2) is 0 Å². The Labute approximate surface area is 148 Å². The lowest BCUT2D eigenvalue weighted by molar-refractivity contribution is -0.137. The van der Waals surface area contributed by atoms with Crippen LogP contribution in [0.25, 0.3) is 0 Å². The maximum Gasteiger partial charge on any atom is 0.222 e. The number of fused-ring (bicyclic) bond motifs is 1. The summed E-state index contributed by atoms with van der Waals surface area (Å²) < 4.78 is 0. The van der Waals surface area contributed by atoms with Crippen molar-refractivity contribution in [1.82, 2.24) is 4.90 Å². The fourth-order valence-electron chi connectivity index (χ4n) is 4.53. The Hall–Kier alpha value is -0.860. The van der Waals surface area contributed by atoms with Crippen molar-refractivity contribution in [2.75, 3.05) is 6.54 Å². The highest BCUT2D eigenvalue weighted by atomic mass is 16.2. The molecule has 2 unspecified atom stereocenters. The zero-order chi connectivity index (χ0) is 17.6. The van der Waals surface area contributed by atoms with Crippen LogP contribution in [-0.2, 0) is 9.59 Å². The van der Waals surface area contributed by atoms with Crippen molar-refractivity contribution in [2.24, 2.45) is 11.3 Å². The van der Waals surface area contributed by atoms with Crippen molar-refractivity contribution >= 4 is 11.7 Å². The minimum Gasteiger partial charge on any atom is -0.339 e. The van der Waals surface area contributed by atoms with E-state index in [1.807, 2.05) is 0 Å². The van der Waals surface area contributed by atoms with Gasteiger partial charge in [-0.05, 0) is 49.9 Å². The second kappa shape index (κ2) is 9.01. The lowest BCUT2D eigenvalue weighted by Crippen LogP contribution is -2.49. The van der Waals surface area contributed by atoms with Crippen molar-refractivity contribution in [3.05, 3.63) is 0 Å². The van der Waals surface area contributed by atoms with Crippen molar-refractivity contribution in [2.45, 2.75) is 104 Å². The summed E-state index contributed by atoms with van der Waals surface area (Å²) in [7, 11) is 0. The Kier molecular flexibility index (Phi) is 7.31. The van der Waals surface area contributed by atoms with Crippen LogP contribution in [0.3, 0.4) is 0 Å². The third-order valence-electron chi connectivity index (χ3n) is 5.64. The number of carbonyl (C=O) groups is 2. The van der Waals surface area contributed by atoms with Crippen LogP contribution >= 0.6 is 0 Å². The molecule has 1 saturated carbocycles. The van der Waals surface area contributed by atoms with Crippen LogP contribution in [-0.4, -0.2) is 29.2 Å². The molecular formula is C21H37NO2. The van der Waals surface area contributed by atoms with Gasteiger partial charge >= 0.3 is 0 Å². The highest BCUT2D eigenvalue weighted by Gasteiger charge is 2.35. The molecule has 0 bridgehead atoms. The van der Waals surface area contributed by atoms with E-state index in [2.05, 4.69) is 25.7 Å². The molecule has 2 atom stereocenters. The number of unbranched alkanes of at least 4 members (excludes halogenated alkanes) is 2. The number of likely N-dealkylation sites (tertiary alicyclic amines) is 1. The summed E-state index contributed by atoms with van der Waals surface area (Å²) >= 11 is 0. The van der Waals surface area contributed by atoms with Gasteiger partial charge in [0.05, 0.1) is 0 Å². The van der Waals surface area contributed by atoms with E-state index in [1.165, 1.54) is 38.5 Å². The first kappa shape index (κ1) is 19.5. The number of piperidine rings is 1. The van der Waals surface area contributed by atoms with Crippen LogP contribution in [0, 0.1) is 11.3 Å². The van der Waals surface area contributed by atoms with Crippen LogP contribution in [0.2, 0.25) is 0 Å². The molecule has 2 rings (SSSR count). The molecule has 3 heteroatoms. The molecule has 138 valence electrons. The quantitative estimate of drug-likeness (QED) is 0.605. The number of hydrogen-bond donors (Lipinski definition) is 0. The summed E-state index contributed by atoms with van der Waals surface area (Å²) in [6.45, 7) is 7.31. The van der Waals surface area contributed by atoms with Crippen molar-refractivity contribution < 1.29 is 9.59 Å². The maximum absolute atomic E-state index is 12.6. The number of nitrogens with zero attached hydrogens (tertiary/aromatic N) is 1. The molecule has 1 heterocycles. The van der Waals surface area contributed by atoms with Gasteiger partial charge in [-0.2, -0.15) is 0 Å². The van der Waals surface area contributed by atoms with Gasteiger partial charge in [0.1, 0.15) is 5.78 Å². The molecule has 2 aliphatic rings. The molecule has 3 nitrogen and oxygen atoms in total. The smallest absolute Gasteiger partial charge is 0.222 e. The Morgan fingerprint density at radius 3 is 2.33 bits per heavy atom. The SMILES string of the molecule is CC(C)(C)CC(=O)CCCCCC(=O)N1CCCC2CCCCC21. The van der Waals surface area contributed by atoms with E-state index in [4.69, 9.17) is 0 Å². The maximum atomic E-state index is 12.6. The van der Waals surface area contributed by atoms with Crippen LogP contribution in [0.1, 0.15) is 97.8 Å². The molecule has 24 heavy (non-hydrogen) atoms. The normalized spacial score (nSPS) is 24.5. The average Bonchev–Trinajstić information content (AvgIpc) is 2.52. The van der Waals surface area contributed by atoms with Gasteiger partial charge in [0.2, 0.25) is 5.91 Å². The molecule has 0 spiro atoms. The molecule has 1 aliphatic heterocycles. The molecule has 0 N–H and O–H groups in total. The van der Waals surface area contributed by atoms with E-state index in [0.29, 0.717) is 37.0 Å². The van der Waals surface area contributed by atoms with Crippen LogP contribution < -0.4 is 0 Å². The molecule has 1 amide bonds. The predicted molar refractivity (Wildman–Crippen MR) is 98.9 cm³/mol. The lowest BCUT2D eigenvalue weighted by Gasteiger charge is -2.44. The fraction of sp³-hybridized carbons (Fsp3) is 0.905. The molecule has 0 radical (unpaired) electrons. The minimum absolute atomic E-state index is 0.0951. The number of amides is 1. The summed E-state index contributed by atoms with van der Waals surface area (Å²) in [5.41, 5.74) is 0.0951. The number of hydrogen-bond acceptors (Lipinski definition) is 2. The standard InChI is InChI=1S/C21H37NO2/c1-21(2,3)16-18(23)12-5-4-6-14-20(24)22-15-9-11-17-10-7-8-13-19(17)22/h17,19H,4-16H2,1-3H3. The largest absolute Gasteiger partial charge is 0.339 e. The average molecular weight is 336 g/mol. The molecular weight excluding hydrogens is 298 g/mol. The molecule has 0 aromatic rings. The molecule has 1 aliphatic carbocycles. The van der Waals surface area contributed by atoms with Gasteiger partial charge in [0.15, 0.2) is 0 Å². The van der Waals surface area contributed by atoms with E-state index in [9.17, 15) is 9.59 Å². The molecule has 2 fully saturated rings. The first-order chi connectivity index (χ1) is 11.4. The second-order valence-corrected chi connectivity index (χ2v) is 9.18. The first-order valence-electron chi connectivity index (χ1n) is 10.2. The van der Waals surface area contributed by atoms with Crippen molar-refractivity contribution in [3.8, 4) is 0 Å². The monoisotopic (exact) mass is 335 g/mol. The first-order valence-corrected chi connectivity index (χ1v) is 10.2. The summed E-state index contributed by atoms with van der Waals surface area (Å²) in [4.78, 5) is 26.7. The number of carbonyl (C=O) groups excluding carboxylic acids is 2. The van der Waals surface area contributed by atoms with E-state index < -0.39 is 0 Å². The fourth-order valence-corrected chi connectivity index (χ4v) is 4.53. The van der Waals surface area contributed by atoms with Gasteiger partial charge in [-0.15, -0.1) is 0 Å². The number of Topliss-reactive ketones (excluding diaryl/α,β-unsaturated/α-hetero) is 1. The van der Waals surface area contributed by atoms with Gasteiger partial charge in [-0.3, -0.25) is 9.59 Å². The van der Waals surface area contributed by atoms with Gasteiger partial charge in [0.25, 0.3) is 0 Å². The molecule has 1 saturated heterocycles. The third-order valence-corrected chi connectivity index (χ3v) is 5.64. The van der Waals surface area contributed by atoms with E-state index >= 15 is 0 Å². The lowest BCUT2D eigenvalue weighted by atomic mass is 9.78. The summed E-state index contributed by atoms with van der Waals surface area (Å²) in [6.07, 6.45) is 12.6. The van der Waals surface area contributed by atoms with E-state index in [1.54, 1.807) is 0 Å². The predicted octanol–water partition coefficient (Wildman–Crippen LogP) is 5.12. The second-order valence-electron chi connectivity index (χ2n) is 9.18. The van der Waals surface area contributed by atoms with Gasteiger partial charge < -0.3 is 4.90 Å². The Morgan fingerprint density at radius 1 is 0.917 bits per heavy atom. The summed E-state index contributed by atoms with van der Waals surface area (Å²) in [5, 5.41) is 0. The topological polar surface area (TPSA) is 37.4 Å². The van der Waals surface area contributed by atoms with E-state index in [-0.39, 0.29) is 5.41 Å². The third kappa shape index (κ3) is 6.22. The Morgan fingerprint density at radius 2 is 1.58 bits per heavy atom. The summed E-state index contributed by atoms with van der Waals surface area (Å²) in [6, 6.07) is 0.536. The van der Waals surface area contributed by atoms with Crippen molar-refractivity contribution in [3.63, 3.8) is 0 Å². The van der Waals surface area contributed by atoms with Gasteiger partial charge in [-0.25, -0.2) is 0 Å². The number of ketones is 1. The van der Waals surface area contributed by atoms with Gasteiger partial charge in [0, 0.05) is 31.8 Å². The Balaban J connectivity index is 1.63. The summed E-state index contributed by atoms with van der Waals surface area (Å²) in [5.74, 6) is 1.51. The van der Waals surface area contributed by atoms with Crippen LogP contribution in [0.4, 0.5) is 0 Å². The molecule has 0 aromatic heterocycles. The highest BCUT2D eigenvalue weighted by molar-refractivity contribution is 5.79. The van der Waals surface area contributed by atoms with Gasteiger partial charge in [-0.1, -0.05) is 40.0 Å². The zero-order valence-corrected chi connectivity index (χ0v) is 16.1. The molecule has 0 aromatic carbocycles. The van der Waals surface area contributed by atoms with E-state index in [0.717, 1.165) is 31.7 Å². The van der Waals surface area contributed by atoms with Crippen LogP contribution in [0.5, 0.6) is 0 Å². The highest BCUT2D eigenvalue weighted by Crippen LogP contribution is 2.35. The zero-order valence-electron chi connectivity index (χ0n) is 16.1. The number of rotatable bonds is 7.